The van der Waals surface area contributed by atoms with Gasteiger partial charge in [-0.1, -0.05) is 0 Å². The van der Waals surface area contributed by atoms with Crippen LogP contribution in [0.3, 0.4) is 0 Å². The highest BCUT2D eigenvalue weighted by molar-refractivity contribution is 6.00. The van der Waals surface area contributed by atoms with Crippen LogP contribution in [0.2, 0.25) is 0 Å². The average Bonchev–Trinajstić information content (AvgIpc) is 2.54. The second-order valence-corrected chi connectivity index (χ2v) is 4.95. The zero-order valence-corrected chi connectivity index (χ0v) is 12.9. The van der Waals surface area contributed by atoms with Crippen LogP contribution in [0.5, 0.6) is 5.75 Å². The normalized spacial score (nSPS) is 11.3. The quantitative estimate of drug-likeness (QED) is 0.611. The molecule has 0 bridgehead atoms. The maximum Gasteiger partial charge on any atom is 0.331 e. The summed E-state index contributed by atoms with van der Waals surface area (Å²) in [6.45, 7) is 1.68. The molecule has 0 radical (unpaired) electrons. The minimum absolute atomic E-state index is 0.0830. The van der Waals surface area contributed by atoms with Crippen LogP contribution in [0.1, 0.15) is 23.0 Å². The predicted octanol–water partition coefficient (Wildman–Crippen LogP) is -0.0564. The lowest BCUT2D eigenvalue weighted by Crippen LogP contribution is -2.40. The summed E-state index contributed by atoms with van der Waals surface area (Å²) in [7, 11) is 2.73. The van der Waals surface area contributed by atoms with Gasteiger partial charge in [0.05, 0.1) is 5.71 Å². The number of amides is 1. The Kier molecular flexibility index (Phi) is 4.44. The summed E-state index contributed by atoms with van der Waals surface area (Å²) >= 11 is 0. The Bertz CT molecular complexity index is 891. The molecule has 23 heavy (non-hydrogen) atoms. The molecule has 8 nitrogen and oxygen atoms in total. The summed E-state index contributed by atoms with van der Waals surface area (Å²) in [5.74, 6) is -0.541. The summed E-state index contributed by atoms with van der Waals surface area (Å²) in [5.41, 5.74) is 2.27. The van der Waals surface area contributed by atoms with Crippen molar-refractivity contribution < 1.29 is 9.90 Å². The fourth-order valence-electron chi connectivity index (χ4n) is 1.91. The Labute approximate surface area is 131 Å². The Morgan fingerprint density at radius 3 is 2.35 bits per heavy atom. The zero-order chi connectivity index (χ0) is 17.1. The predicted molar refractivity (Wildman–Crippen MR) is 84.7 cm³/mol. The lowest BCUT2D eigenvalue weighted by molar-refractivity contribution is 0.0944. The van der Waals surface area contributed by atoms with Crippen molar-refractivity contribution in [2.75, 3.05) is 0 Å². The molecule has 2 N–H and O–H groups in total. The highest BCUT2D eigenvalue weighted by Gasteiger charge is 2.13. The number of phenolic OH excluding ortho intramolecular Hbond substituents is 1. The van der Waals surface area contributed by atoms with Crippen LogP contribution in [-0.4, -0.2) is 25.9 Å². The van der Waals surface area contributed by atoms with Crippen molar-refractivity contribution in [3.8, 4) is 5.75 Å². The monoisotopic (exact) mass is 316 g/mol. The van der Waals surface area contributed by atoms with Crippen molar-refractivity contribution in [1.82, 2.24) is 14.6 Å². The van der Waals surface area contributed by atoms with Crippen molar-refractivity contribution in [3.63, 3.8) is 0 Å². The first-order valence-corrected chi connectivity index (χ1v) is 6.72. The third kappa shape index (κ3) is 3.37. The van der Waals surface area contributed by atoms with Crippen LogP contribution >= 0.6 is 0 Å². The number of carbonyl (C=O) groups excluding carboxylic acids is 1. The molecule has 0 saturated carbocycles. The largest absolute Gasteiger partial charge is 0.508 e. The van der Waals surface area contributed by atoms with Crippen molar-refractivity contribution in [2.45, 2.75) is 6.92 Å². The molecule has 0 spiro atoms. The number of hydrazone groups is 1. The Morgan fingerprint density at radius 2 is 1.74 bits per heavy atom. The van der Waals surface area contributed by atoms with E-state index < -0.39 is 17.2 Å². The maximum atomic E-state index is 12.1. The molecule has 1 aromatic carbocycles. The first-order valence-electron chi connectivity index (χ1n) is 6.72. The van der Waals surface area contributed by atoms with Gasteiger partial charge in [0.1, 0.15) is 11.4 Å². The van der Waals surface area contributed by atoms with Crippen molar-refractivity contribution in [1.29, 1.82) is 0 Å². The fourth-order valence-corrected chi connectivity index (χ4v) is 1.91. The molecule has 0 aliphatic rings. The molecule has 0 fully saturated rings. The third-order valence-electron chi connectivity index (χ3n) is 3.37. The number of benzene rings is 1. The smallest absolute Gasteiger partial charge is 0.331 e. The van der Waals surface area contributed by atoms with Crippen molar-refractivity contribution in [2.24, 2.45) is 19.2 Å². The Balaban J connectivity index is 2.26. The first kappa shape index (κ1) is 16.2. The summed E-state index contributed by atoms with van der Waals surface area (Å²) in [4.78, 5) is 35.5. The van der Waals surface area contributed by atoms with E-state index in [2.05, 4.69) is 10.5 Å². The third-order valence-corrected chi connectivity index (χ3v) is 3.37. The summed E-state index contributed by atoms with van der Waals surface area (Å²) in [5, 5.41) is 13.2. The molecule has 0 atom stereocenters. The van der Waals surface area contributed by atoms with E-state index in [1.165, 1.54) is 26.2 Å². The lowest BCUT2D eigenvalue weighted by atomic mass is 10.1. The minimum atomic E-state index is -0.666. The lowest BCUT2D eigenvalue weighted by Gasteiger charge is -2.08. The topological polar surface area (TPSA) is 106 Å². The molecule has 1 amide bonds. The second kappa shape index (κ2) is 6.30. The average molecular weight is 316 g/mol. The van der Waals surface area contributed by atoms with Crippen LogP contribution in [-0.2, 0) is 14.1 Å². The fraction of sp³-hybridized carbons (Fsp3) is 0.200. The van der Waals surface area contributed by atoms with E-state index in [1.807, 2.05) is 0 Å². The Hall–Kier alpha value is -3.16. The molecule has 2 aromatic rings. The van der Waals surface area contributed by atoms with Gasteiger partial charge in [0, 0.05) is 20.2 Å². The molecule has 2 rings (SSSR count). The molecule has 0 aliphatic heterocycles. The highest BCUT2D eigenvalue weighted by atomic mass is 16.3. The molecule has 120 valence electrons. The number of nitrogens with zero attached hydrogens (tertiary/aromatic N) is 3. The van der Waals surface area contributed by atoms with Gasteiger partial charge in [0.15, 0.2) is 0 Å². The molecule has 8 heteroatoms. The number of phenols is 1. The highest BCUT2D eigenvalue weighted by Crippen LogP contribution is 2.10. The SMILES string of the molecule is CC(=NNC(=O)c1cc(=O)n(C)c(=O)n1C)c1ccc(O)cc1. The number of carbonyl (C=O) groups is 1. The van der Waals surface area contributed by atoms with Gasteiger partial charge < -0.3 is 5.11 Å². The van der Waals surface area contributed by atoms with Crippen LogP contribution < -0.4 is 16.7 Å². The van der Waals surface area contributed by atoms with Gasteiger partial charge in [-0.3, -0.25) is 18.7 Å². The van der Waals surface area contributed by atoms with Crippen molar-refractivity contribution in [3.05, 3.63) is 62.4 Å². The van der Waals surface area contributed by atoms with Gasteiger partial charge in [-0.2, -0.15) is 5.10 Å². The first-order chi connectivity index (χ1) is 10.8. The number of hydrogen-bond acceptors (Lipinski definition) is 5. The maximum absolute atomic E-state index is 12.1. The number of hydrogen-bond donors (Lipinski definition) is 2. The van der Waals surface area contributed by atoms with Crippen LogP contribution in [0.4, 0.5) is 0 Å². The molecule has 1 aromatic heterocycles. The molecular formula is C15H16N4O4. The summed E-state index contributed by atoms with van der Waals surface area (Å²) < 4.78 is 1.98. The number of nitrogens with one attached hydrogen (secondary N) is 1. The van der Waals surface area contributed by atoms with Crippen molar-refractivity contribution >= 4 is 11.6 Å². The van der Waals surface area contributed by atoms with E-state index in [4.69, 9.17) is 0 Å². The summed E-state index contributed by atoms with van der Waals surface area (Å²) in [6.07, 6.45) is 0. The van der Waals surface area contributed by atoms with E-state index in [1.54, 1.807) is 19.1 Å². The van der Waals surface area contributed by atoms with Crippen LogP contribution in [0, 0.1) is 0 Å². The van der Waals surface area contributed by atoms with Crippen LogP contribution in [0.25, 0.3) is 0 Å². The van der Waals surface area contributed by atoms with Gasteiger partial charge in [-0.25, -0.2) is 10.2 Å². The number of rotatable bonds is 3. The van der Waals surface area contributed by atoms with Gasteiger partial charge in [0.2, 0.25) is 0 Å². The molecule has 0 unspecified atom stereocenters. The van der Waals surface area contributed by atoms with Crippen LogP contribution in [0.15, 0.2) is 45.0 Å². The molecule has 0 saturated heterocycles. The molecule has 0 aliphatic carbocycles. The second-order valence-electron chi connectivity index (χ2n) is 4.95. The van der Waals surface area contributed by atoms with E-state index in [0.717, 1.165) is 15.2 Å². The van der Waals surface area contributed by atoms with E-state index in [0.29, 0.717) is 11.3 Å². The zero-order valence-electron chi connectivity index (χ0n) is 12.9. The van der Waals surface area contributed by atoms with Gasteiger partial charge in [-0.15, -0.1) is 0 Å². The van der Waals surface area contributed by atoms with Gasteiger partial charge in [-0.05, 0) is 36.8 Å². The van der Waals surface area contributed by atoms with Gasteiger partial charge >= 0.3 is 5.69 Å². The number of aromatic nitrogens is 2. The van der Waals surface area contributed by atoms with Gasteiger partial charge in [0.25, 0.3) is 11.5 Å². The number of aromatic hydroxyl groups is 1. The minimum Gasteiger partial charge on any atom is -0.508 e. The van der Waals surface area contributed by atoms with E-state index in [-0.39, 0.29) is 11.4 Å². The molecular weight excluding hydrogens is 300 g/mol. The Morgan fingerprint density at radius 1 is 1.13 bits per heavy atom. The summed E-state index contributed by atoms with van der Waals surface area (Å²) in [6, 6.07) is 7.37. The standard InChI is InChI=1S/C15H16N4O4/c1-9(10-4-6-11(20)7-5-10)16-17-14(22)12-8-13(21)19(3)15(23)18(12)2/h4-8,20H,1-3H3,(H,17,22). The molecule has 1 heterocycles. The van der Waals surface area contributed by atoms with E-state index >= 15 is 0 Å². The van der Waals surface area contributed by atoms with E-state index in [9.17, 15) is 19.5 Å².